The largest absolute Gasteiger partial charge is 0.355 e. The Morgan fingerprint density at radius 1 is 1.12 bits per heavy atom. The van der Waals surface area contributed by atoms with Gasteiger partial charge in [0.1, 0.15) is 0 Å². The summed E-state index contributed by atoms with van der Waals surface area (Å²) in [6.07, 6.45) is 2.63. The molecule has 140 valence electrons. The lowest BCUT2D eigenvalue weighted by Crippen LogP contribution is -2.39. The molecule has 1 fully saturated rings. The summed E-state index contributed by atoms with van der Waals surface area (Å²) in [5, 5.41) is 6.26. The number of hydrogen-bond acceptors (Lipinski definition) is 4. The van der Waals surface area contributed by atoms with E-state index < -0.39 is 9.84 Å². The molecule has 0 spiro atoms. The van der Waals surface area contributed by atoms with Gasteiger partial charge in [0.2, 0.25) is 0 Å². The van der Waals surface area contributed by atoms with E-state index in [-0.39, 0.29) is 11.5 Å². The summed E-state index contributed by atoms with van der Waals surface area (Å²) in [6, 6.07) is 8.62. The molecular weight excluding hydrogens is 336 g/mol. The molecule has 2 rings (SSSR count). The van der Waals surface area contributed by atoms with Gasteiger partial charge in [-0.3, -0.25) is 9.89 Å². The van der Waals surface area contributed by atoms with E-state index in [1.165, 1.54) is 37.1 Å². The minimum absolute atomic E-state index is 0.120. The first-order valence-electron chi connectivity index (χ1n) is 8.97. The van der Waals surface area contributed by atoms with E-state index in [2.05, 4.69) is 44.8 Å². The Hall–Kier alpha value is -1.60. The smallest absolute Gasteiger partial charge is 0.191 e. The van der Waals surface area contributed by atoms with E-state index in [1.54, 1.807) is 14.0 Å². The highest BCUT2D eigenvalue weighted by Gasteiger charge is 2.11. The third-order valence-electron chi connectivity index (χ3n) is 4.46. The van der Waals surface area contributed by atoms with Crippen molar-refractivity contribution in [2.75, 3.05) is 38.2 Å². The Morgan fingerprint density at radius 2 is 1.76 bits per heavy atom. The molecular formula is C18H30N4O2S. The molecule has 1 aromatic rings. The maximum atomic E-state index is 11.5. The molecule has 0 unspecified atom stereocenters. The lowest BCUT2D eigenvalue weighted by molar-refractivity contribution is 0.331. The SMILES string of the molecule is CCS(=O)(=O)CCNC(=NC)NCc1ccc(CN2CCCC2)cc1. The van der Waals surface area contributed by atoms with Gasteiger partial charge in [-0.15, -0.1) is 0 Å². The maximum Gasteiger partial charge on any atom is 0.191 e. The Morgan fingerprint density at radius 3 is 2.36 bits per heavy atom. The first-order valence-corrected chi connectivity index (χ1v) is 10.8. The highest BCUT2D eigenvalue weighted by molar-refractivity contribution is 7.91. The minimum atomic E-state index is -2.95. The number of guanidine groups is 1. The number of hydrogen-bond donors (Lipinski definition) is 2. The molecule has 1 aromatic carbocycles. The third kappa shape index (κ3) is 7.04. The average Bonchev–Trinajstić information content (AvgIpc) is 3.12. The Balaban J connectivity index is 1.75. The van der Waals surface area contributed by atoms with Crippen LogP contribution in [0.25, 0.3) is 0 Å². The number of sulfone groups is 1. The van der Waals surface area contributed by atoms with Gasteiger partial charge in [0.05, 0.1) is 5.75 Å². The van der Waals surface area contributed by atoms with Gasteiger partial charge in [0.15, 0.2) is 15.8 Å². The van der Waals surface area contributed by atoms with Gasteiger partial charge >= 0.3 is 0 Å². The van der Waals surface area contributed by atoms with Crippen LogP contribution in [0, 0.1) is 0 Å². The van der Waals surface area contributed by atoms with Crippen molar-refractivity contribution < 1.29 is 8.42 Å². The topological polar surface area (TPSA) is 73.8 Å². The lowest BCUT2D eigenvalue weighted by atomic mass is 10.1. The van der Waals surface area contributed by atoms with Crippen LogP contribution in [-0.4, -0.2) is 57.5 Å². The minimum Gasteiger partial charge on any atom is -0.355 e. The van der Waals surface area contributed by atoms with Crippen LogP contribution in [-0.2, 0) is 22.9 Å². The predicted octanol–water partition coefficient (Wildman–Crippen LogP) is 1.38. The van der Waals surface area contributed by atoms with Crippen molar-refractivity contribution in [1.29, 1.82) is 0 Å². The normalized spacial score (nSPS) is 16.2. The molecule has 6 nitrogen and oxygen atoms in total. The first-order chi connectivity index (χ1) is 12.0. The fourth-order valence-electron chi connectivity index (χ4n) is 2.84. The van der Waals surface area contributed by atoms with Crippen LogP contribution in [0.5, 0.6) is 0 Å². The van der Waals surface area contributed by atoms with Crippen LogP contribution in [0.4, 0.5) is 0 Å². The van der Waals surface area contributed by atoms with Gasteiger partial charge in [-0.2, -0.15) is 0 Å². The van der Waals surface area contributed by atoms with Crippen molar-refractivity contribution in [3.05, 3.63) is 35.4 Å². The van der Waals surface area contributed by atoms with Crippen molar-refractivity contribution in [2.24, 2.45) is 4.99 Å². The maximum absolute atomic E-state index is 11.5. The standard InChI is InChI=1S/C18H30N4O2S/c1-3-25(23,24)13-10-20-18(19-2)21-14-16-6-8-17(9-7-16)15-22-11-4-5-12-22/h6-9H,3-5,10-15H2,1-2H3,(H2,19,20,21). The number of aliphatic imine (C=N–C) groups is 1. The highest BCUT2D eigenvalue weighted by Crippen LogP contribution is 2.13. The van der Waals surface area contributed by atoms with E-state index in [1.807, 2.05) is 0 Å². The summed E-state index contributed by atoms with van der Waals surface area (Å²) in [5.74, 6) is 0.910. The zero-order valence-corrected chi connectivity index (χ0v) is 16.1. The number of likely N-dealkylation sites (tertiary alicyclic amines) is 1. The molecule has 0 radical (unpaired) electrons. The van der Waals surface area contributed by atoms with Gasteiger partial charge in [0.25, 0.3) is 0 Å². The summed E-state index contributed by atoms with van der Waals surface area (Å²) < 4.78 is 23.0. The van der Waals surface area contributed by atoms with Crippen LogP contribution < -0.4 is 10.6 Å². The molecule has 2 N–H and O–H groups in total. The van der Waals surface area contributed by atoms with Crippen LogP contribution in [0.15, 0.2) is 29.3 Å². The molecule has 0 atom stereocenters. The predicted molar refractivity (Wildman–Crippen MR) is 103 cm³/mol. The van der Waals surface area contributed by atoms with Crippen molar-refractivity contribution in [3.63, 3.8) is 0 Å². The van der Waals surface area contributed by atoms with Gasteiger partial charge in [-0.05, 0) is 37.1 Å². The summed E-state index contributed by atoms with van der Waals surface area (Å²) in [5.41, 5.74) is 2.52. The van der Waals surface area contributed by atoms with Gasteiger partial charge in [-0.1, -0.05) is 31.2 Å². The first kappa shape index (κ1) is 19.7. The van der Waals surface area contributed by atoms with E-state index in [0.29, 0.717) is 19.0 Å². The van der Waals surface area contributed by atoms with Crippen molar-refractivity contribution in [1.82, 2.24) is 15.5 Å². The molecule has 1 aliphatic heterocycles. The Kier molecular flexibility index (Phi) is 7.71. The number of nitrogens with one attached hydrogen (secondary N) is 2. The zero-order chi connectivity index (χ0) is 18.1. The molecule has 7 heteroatoms. The van der Waals surface area contributed by atoms with Crippen LogP contribution >= 0.6 is 0 Å². The second-order valence-electron chi connectivity index (χ2n) is 6.39. The third-order valence-corrected chi connectivity index (χ3v) is 6.16. The fourth-order valence-corrected chi connectivity index (χ4v) is 3.54. The number of rotatable bonds is 8. The van der Waals surface area contributed by atoms with Crippen LogP contribution in [0.3, 0.4) is 0 Å². The van der Waals surface area contributed by atoms with Crippen molar-refractivity contribution in [2.45, 2.75) is 32.9 Å². The summed E-state index contributed by atoms with van der Waals surface area (Å²) in [4.78, 5) is 6.62. The Labute approximate surface area is 151 Å². The molecule has 0 aliphatic carbocycles. The second-order valence-corrected chi connectivity index (χ2v) is 8.86. The lowest BCUT2D eigenvalue weighted by Gasteiger charge is -2.15. The van der Waals surface area contributed by atoms with Crippen LogP contribution in [0.1, 0.15) is 30.9 Å². The van der Waals surface area contributed by atoms with E-state index in [4.69, 9.17) is 0 Å². The average molecular weight is 367 g/mol. The molecule has 1 aliphatic rings. The fraction of sp³-hybridized carbons (Fsp3) is 0.611. The molecule has 1 heterocycles. The molecule has 0 bridgehead atoms. The summed E-state index contributed by atoms with van der Waals surface area (Å²) in [6.45, 7) is 6.13. The molecule has 1 saturated heterocycles. The zero-order valence-electron chi connectivity index (χ0n) is 15.3. The second kappa shape index (κ2) is 9.77. The Bertz CT molecular complexity index is 650. The number of benzene rings is 1. The van der Waals surface area contributed by atoms with Crippen molar-refractivity contribution >= 4 is 15.8 Å². The van der Waals surface area contributed by atoms with Gasteiger partial charge in [0, 0.05) is 32.4 Å². The quantitative estimate of drug-likeness (QED) is 0.537. The van der Waals surface area contributed by atoms with E-state index in [9.17, 15) is 8.42 Å². The van der Waals surface area contributed by atoms with E-state index in [0.717, 1.165) is 6.54 Å². The van der Waals surface area contributed by atoms with Crippen LogP contribution in [0.2, 0.25) is 0 Å². The molecule has 0 saturated carbocycles. The summed E-state index contributed by atoms with van der Waals surface area (Å²) >= 11 is 0. The van der Waals surface area contributed by atoms with E-state index >= 15 is 0 Å². The molecule has 0 amide bonds. The molecule has 25 heavy (non-hydrogen) atoms. The molecule has 0 aromatic heterocycles. The summed E-state index contributed by atoms with van der Waals surface area (Å²) in [7, 11) is -1.27. The highest BCUT2D eigenvalue weighted by atomic mass is 32.2. The monoisotopic (exact) mass is 366 g/mol. The number of nitrogens with zero attached hydrogens (tertiary/aromatic N) is 2. The van der Waals surface area contributed by atoms with Crippen molar-refractivity contribution in [3.8, 4) is 0 Å². The van der Waals surface area contributed by atoms with Gasteiger partial charge < -0.3 is 10.6 Å². The van der Waals surface area contributed by atoms with Gasteiger partial charge in [-0.25, -0.2) is 8.42 Å².